The van der Waals surface area contributed by atoms with Crippen LogP contribution in [-0.4, -0.2) is 60.1 Å². The van der Waals surface area contributed by atoms with Crippen molar-refractivity contribution in [2.45, 2.75) is 24.4 Å². The molecular weight excluding hydrogens is 336 g/mol. The summed E-state index contributed by atoms with van der Waals surface area (Å²) in [5.41, 5.74) is -0.244. The van der Waals surface area contributed by atoms with Gasteiger partial charge >= 0.3 is 5.63 Å². The van der Waals surface area contributed by atoms with Gasteiger partial charge < -0.3 is 34.1 Å². The summed E-state index contributed by atoms with van der Waals surface area (Å²) in [6.07, 6.45) is -4.50. The standard InChI is InChI=1S/C16H18O9/c1-21-10-4-8-2-3-14(18)23-9(8)5-11(10)24-25-13-7-22-12(6-17)15(19)16(13)20/h2-5,12-13,15-17,19-20H,6-7H2,1H3. The minimum absolute atomic E-state index is 0.0889. The summed E-state index contributed by atoms with van der Waals surface area (Å²) in [5.74, 6) is 0.441. The average molecular weight is 354 g/mol. The van der Waals surface area contributed by atoms with Gasteiger partial charge in [0, 0.05) is 17.5 Å². The molecule has 1 aromatic heterocycles. The zero-order chi connectivity index (χ0) is 18.0. The van der Waals surface area contributed by atoms with E-state index in [0.29, 0.717) is 11.1 Å². The molecule has 3 rings (SSSR count). The van der Waals surface area contributed by atoms with E-state index >= 15 is 0 Å². The van der Waals surface area contributed by atoms with Crippen LogP contribution in [0.5, 0.6) is 11.5 Å². The Labute approximate surface area is 141 Å². The van der Waals surface area contributed by atoms with E-state index in [1.165, 1.54) is 19.2 Å². The first-order valence-electron chi connectivity index (χ1n) is 7.57. The molecular formula is C16H18O9. The molecule has 25 heavy (non-hydrogen) atoms. The number of aliphatic hydroxyl groups is 3. The van der Waals surface area contributed by atoms with Crippen molar-refractivity contribution in [1.82, 2.24) is 0 Å². The van der Waals surface area contributed by atoms with Crippen molar-refractivity contribution in [3.8, 4) is 11.5 Å². The highest BCUT2D eigenvalue weighted by atomic mass is 17.2. The maximum absolute atomic E-state index is 11.3. The molecule has 1 fully saturated rings. The number of hydrogen-bond acceptors (Lipinski definition) is 9. The van der Waals surface area contributed by atoms with Gasteiger partial charge in [-0.25, -0.2) is 4.79 Å². The smallest absolute Gasteiger partial charge is 0.336 e. The molecule has 1 aromatic carbocycles. The molecule has 0 spiro atoms. The lowest BCUT2D eigenvalue weighted by molar-refractivity contribution is -0.311. The Morgan fingerprint density at radius 2 is 2.00 bits per heavy atom. The van der Waals surface area contributed by atoms with E-state index in [1.807, 2.05) is 0 Å². The van der Waals surface area contributed by atoms with Crippen molar-refractivity contribution in [3.63, 3.8) is 0 Å². The van der Waals surface area contributed by atoms with Gasteiger partial charge in [0.15, 0.2) is 11.9 Å². The topological polar surface area (TPSA) is 128 Å². The van der Waals surface area contributed by atoms with Crippen LogP contribution < -0.4 is 15.3 Å². The van der Waals surface area contributed by atoms with Crippen molar-refractivity contribution in [2.24, 2.45) is 0 Å². The summed E-state index contributed by atoms with van der Waals surface area (Å²) >= 11 is 0. The Balaban J connectivity index is 1.77. The fourth-order valence-electron chi connectivity index (χ4n) is 2.52. The van der Waals surface area contributed by atoms with Crippen LogP contribution >= 0.6 is 0 Å². The predicted molar refractivity (Wildman–Crippen MR) is 83.4 cm³/mol. The Hall–Kier alpha value is -2.17. The van der Waals surface area contributed by atoms with E-state index in [-0.39, 0.29) is 17.9 Å². The number of fused-ring (bicyclic) bond motifs is 1. The van der Waals surface area contributed by atoms with Crippen LogP contribution in [-0.2, 0) is 9.62 Å². The summed E-state index contributed by atoms with van der Waals surface area (Å²) in [5, 5.41) is 29.5. The van der Waals surface area contributed by atoms with E-state index < -0.39 is 36.6 Å². The maximum atomic E-state index is 11.3. The third kappa shape index (κ3) is 3.60. The van der Waals surface area contributed by atoms with E-state index in [4.69, 9.17) is 28.8 Å². The molecule has 9 nitrogen and oxygen atoms in total. The number of methoxy groups -OCH3 is 1. The van der Waals surface area contributed by atoms with Crippen LogP contribution in [0.3, 0.4) is 0 Å². The van der Waals surface area contributed by atoms with Gasteiger partial charge in [0.25, 0.3) is 0 Å². The molecule has 4 atom stereocenters. The molecule has 0 saturated carbocycles. The first kappa shape index (κ1) is 17.6. The normalized spacial score (nSPS) is 26.6. The number of hydrogen-bond donors (Lipinski definition) is 3. The quantitative estimate of drug-likeness (QED) is 0.373. The third-order valence-electron chi connectivity index (χ3n) is 3.93. The zero-order valence-electron chi connectivity index (χ0n) is 13.3. The SMILES string of the molecule is COc1cc2ccc(=O)oc2cc1OOC1COC(CO)C(O)C1O. The van der Waals surface area contributed by atoms with Crippen LogP contribution in [0.1, 0.15) is 0 Å². The largest absolute Gasteiger partial charge is 0.493 e. The molecule has 3 N–H and O–H groups in total. The van der Waals surface area contributed by atoms with Gasteiger partial charge in [0.1, 0.15) is 23.9 Å². The molecule has 0 aliphatic carbocycles. The first-order valence-corrected chi connectivity index (χ1v) is 7.57. The molecule has 9 heteroatoms. The number of benzene rings is 1. The van der Waals surface area contributed by atoms with Crippen molar-refractivity contribution in [2.75, 3.05) is 20.3 Å². The van der Waals surface area contributed by atoms with Gasteiger partial charge in [-0.05, 0) is 12.1 Å². The van der Waals surface area contributed by atoms with Gasteiger partial charge in [0.05, 0.1) is 20.3 Å². The fraction of sp³-hybridized carbons (Fsp3) is 0.438. The van der Waals surface area contributed by atoms with Crippen molar-refractivity contribution in [1.29, 1.82) is 0 Å². The van der Waals surface area contributed by atoms with Gasteiger partial charge in [-0.3, -0.25) is 0 Å². The van der Waals surface area contributed by atoms with E-state index in [0.717, 1.165) is 0 Å². The Morgan fingerprint density at radius 3 is 2.72 bits per heavy atom. The highest BCUT2D eigenvalue weighted by Crippen LogP contribution is 2.32. The van der Waals surface area contributed by atoms with Crippen LogP contribution in [0.4, 0.5) is 0 Å². The van der Waals surface area contributed by atoms with Gasteiger partial charge in [-0.2, -0.15) is 4.89 Å². The second-order valence-electron chi connectivity index (χ2n) is 5.55. The highest BCUT2D eigenvalue weighted by molar-refractivity contribution is 5.80. The van der Waals surface area contributed by atoms with Crippen LogP contribution in [0.25, 0.3) is 11.0 Å². The molecule has 2 heterocycles. The van der Waals surface area contributed by atoms with Crippen LogP contribution in [0.15, 0.2) is 33.5 Å². The van der Waals surface area contributed by atoms with Crippen molar-refractivity contribution >= 4 is 11.0 Å². The predicted octanol–water partition coefficient (Wildman–Crippen LogP) is -0.407. The fourth-order valence-corrected chi connectivity index (χ4v) is 2.52. The lowest BCUT2D eigenvalue weighted by Gasteiger charge is -2.35. The monoisotopic (exact) mass is 354 g/mol. The molecule has 0 amide bonds. The summed E-state index contributed by atoms with van der Waals surface area (Å²) in [6, 6.07) is 5.88. The molecule has 1 aliphatic heterocycles. The van der Waals surface area contributed by atoms with Crippen molar-refractivity contribution in [3.05, 3.63) is 34.7 Å². The van der Waals surface area contributed by atoms with Gasteiger partial charge in [-0.1, -0.05) is 0 Å². The molecule has 1 saturated heterocycles. The lowest BCUT2D eigenvalue weighted by Crippen LogP contribution is -2.55. The van der Waals surface area contributed by atoms with Gasteiger partial charge in [-0.15, -0.1) is 0 Å². The van der Waals surface area contributed by atoms with Gasteiger partial charge in [0.2, 0.25) is 5.75 Å². The highest BCUT2D eigenvalue weighted by Gasteiger charge is 2.40. The summed E-state index contributed by atoms with van der Waals surface area (Å²) in [6.45, 7) is -0.516. The number of aliphatic hydroxyl groups excluding tert-OH is 3. The molecule has 0 bridgehead atoms. The number of ether oxygens (including phenoxy) is 2. The zero-order valence-corrected chi connectivity index (χ0v) is 13.3. The van der Waals surface area contributed by atoms with Crippen molar-refractivity contribution < 1.29 is 39.0 Å². The third-order valence-corrected chi connectivity index (χ3v) is 3.93. The molecule has 4 unspecified atom stereocenters. The van der Waals surface area contributed by atoms with E-state index in [2.05, 4.69) is 0 Å². The van der Waals surface area contributed by atoms with Crippen LogP contribution in [0, 0.1) is 0 Å². The summed E-state index contributed by atoms with van der Waals surface area (Å²) in [4.78, 5) is 21.7. The number of rotatable bonds is 5. The summed E-state index contributed by atoms with van der Waals surface area (Å²) < 4.78 is 15.5. The van der Waals surface area contributed by atoms with Crippen LogP contribution in [0.2, 0.25) is 0 Å². The minimum atomic E-state index is -1.32. The molecule has 0 radical (unpaired) electrons. The average Bonchev–Trinajstić information content (AvgIpc) is 2.62. The van der Waals surface area contributed by atoms with E-state index in [1.54, 1.807) is 12.1 Å². The Bertz CT molecular complexity index is 787. The second-order valence-corrected chi connectivity index (χ2v) is 5.55. The molecule has 1 aliphatic rings. The molecule has 136 valence electrons. The lowest BCUT2D eigenvalue weighted by atomic mass is 10.0. The Kier molecular flexibility index (Phi) is 5.21. The summed E-state index contributed by atoms with van der Waals surface area (Å²) in [7, 11) is 1.43. The minimum Gasteiger partial charge on any atom is -0.493 e. The van der Waals surface area contributed by atoms with E-state index in [9.17, 15) is 15.0 Å². The molecule has 2 aromatic rings. The maximum Gasteiger partial charge on any atom is 0.336 e. The Morgan fingerprint density at radius 1 is 1.20 bits per heavy atom. The first-order chi connectivity index (χ1) is 12.0. The second kappa shape index (κ2) is 7.38.